The Balaban J connectivity index is 1.43. The molecule has 35 heavy (non-hydrogen) atoms. The fourth-order valence-electron chi connectivity index (χ4n) is 4.36. The maximum absolute atomic E-state index is 12.2. The molecule has 0 spiro atoms. The number of ether oxygens (including phenoxy) is 2. The van der Waals surface area contributed by atoms with E-state index < -0.39 is 6.09 Å². The fraction of sp³-hybridized carbons (Fsp3) is 0.296. The summed E-state index contributed by atoms with van der Waals surface area (Å²) in [5, 5.41) is 3.76. The van der Waals surface area contributed by atoms with E-state index in [2.05, 4.69) is 33.7 Å². The van der Waals surface area contributed by atoms with Gasteiger partial charge in [0, 0.05) is 41.1 Å². The first kappa shape index (κ1) is 22.7. The number of nitrogens with zero attached hydrogens (tertiary/aromatic N) is 3. The third kappa shape index (κ3) is 4.77. The number of hydrogen-bond donors (Lipinski definition) is 2. The number of rotatable bonds is 7. The molecule has 0 saturated heterocycles. The first-order valence-corrected chi connectivity index (χ1v) is 11.9. The maximum atomic E-state index is 12.2. The van der Waals surface area contributed by atoms with Gasteiger partial charge in [0.25, 0.3) is 0 Å². The van der Waals surface area contributed by atoms with Crippen molar-refractivity contribution in [2.45, 2.75) is 45.8 Å². The summed E-state index contributed by atoms with van der Waals surface area (Å²) in [4.78, 5) is 20.4. The minimum Gasteiger partial charge on any atom is -0.446 e. The molecule has 0 bridgehead atoms. The molecule has 4 aromatic rings. The zero-order valence-corrected chi connectivity index (χ0v) is 20.1. The van der Waals surface area contributed by atoms with Gasteiger partial charge in [-0.05, 0) is 63.8 Å². The normalized spacial score (nSPS) is 14.2. The highest BCUT2D eigenvalue weighted by molar-refractivity contribution is 6.01. The number of amides is 1. The number of nitrogen functional groups attached to an aromatic ring is 1. The average Bonchev–Trinajstić information content (AvgIpc) is 3.65. The van der Waals surface area contributed by atoms with Gasteiger partial charge in [0.1, 0.15) is 11.9 Å². The number of benzene rings is 2. The molecule has 8 nitrogen and oxygen atoms in total. The molecule has 1 aliphatic carbocycles. The summed E-state index contributed by atoms with van der Waals surface area (Å²) in [5.74, 6) is 1.58. The van der Waals surface area contributed by atoms with Gasteiger partial charge in [-0.3, -0.25) is 10.3 Å². The van der Waals surface area contributed by atoms with Crippen molar-refractivity contribution in [3.63, 3.8) is 0 Å². The third-order valence-electron chi connectivity index (χ3n) is 6.28. The Morgan fingerprint density at radius 3 is 2.54 bits per heavy atom. The first-order valence-electron chi connectivity index (χ1n) is 11.9. The molecule has 5 rings (SSSR count). The van der Waals surface area contributed by atoms with Gasteiger partial charge in [0.05, 0.1) is 23.1 Å². The lowest BCUT2D eigenvalue weighted by atomic mass is 10.1. The second-order valence-corrected chi connectivity index (χ2v) is 9.20. The molecule has 0 unspecified atom stereocenters. The fourth-order valence-corrected chi connectivity index (χ4v) is 4.36. The molecule has 2 aromatic heterocycles. The zero-order valence-electron chi connectivity index (χ0n) is 20.1. The molecule has 180 valence electrons. The SMILES string of the molecule is CC(C)n1c(-c2ccc(NC(=O)O[C@H](C)C3CC3)cc2)c(N)c2ccc(Oc3cnccn3)cc21. The van der Waals surface area contributed by atoms with Crippen LogP contribution >= 0.6 is 0 Å². The van der Waals surface area contributed by atoms with Crippen LogP contribution in [0.25, 0.3) is 22.2 Å². The molecule has 0 radical (unpaired) electrons. The van der Waals surface area contributed by atoms with Gasteiger partial charge in [-0.1, -0.05) is 12.1 Å². The van der Waals surface area contributed by atoms with Gasteiger partial charge >= 0.3 is 6.09 Å². The predicted octanol–water partition coefficient (Wildman–Crippen LogP) is 6.40. The van der Waals surface area contributed by atoms with Crippen molar-refractivity contribution in [2.75, 3.05) is 11.1 Å². The van der Waals surface area contributed by atoms with Crippen LogP contribution in [0.15, 0.2) is 61.1 Å². The average molecular weight is 472 g/mol. The van der Waals surface area contributed by atoms with Crippen LogP contribution in [0.1, 0.15) is 39.7 Å². The topological polar surface area (TPSA) is 104 Å². The van der Waals surface area contributed by atoms with Crippen LogP contribution in [0.5, 0.6) is 11.6 Å². The van der Waals surface area contributed by atoms with Crippen LogP contribution in [0, 0.1) is 5.92 Å². The van der Waals surface area contributed by atoms with E-state index in [9.17, 15) is 4.79 Å². The van der Waals surface area contributed by atoms with Crippen molar-refractivity contribution in [1.82, 2.24) is 14.5 Å². The summed E-state index contributed by atoms with van der Waals surface area (Å²) >= 11 is 0. The number of carbonyl (C=O) groups excluding carboxylic acids is 1. The van der Waals surface area contributed by atoms with Crippen molar-refractivity contribution in [2.24, 2.45) is 5.92 Å². The summed E-state index contributed by atoms with van der Waals surface area (Å²) in [6.45, 7) is 6.18. The van der Waals surface area contributed by atoms with Crippen LogP contribution in [-0.4, -0.2) is 26.7 Å². The Kier molecular flexibility index (Phi) is 6.03. The van der Waals surface area contributed by atoms with Gasteiger partial charge < -0.3 is 19.8 Å². The highest BCUT2D eigenvalue weighted by Crippen LogP contribution is 2.40. The molecule has 0 aliphatic heterocycles. The number of anilines is 2. The van der Waals surface area contributed by atoms with Crippen LogP contribution in [0.2, 0.25) is 0 Å². The van der Waals surface area contributed by atoms with Crippen LogP contribution in [0.4, 0.5) is 16.2 Å². The summed E-state index contributed by atoms with van der Waals surface area (Å²) in [6, 6.07) is 13.6. The molecular formula is C27H29N5O3. The molecule has 2 aromatic carbocycles. The summed E-state index contributed by atoms with van der Waals surface area (Å²) in [7, 11) is 0. The molecular weight excluding hydrogens is 442 g/mol. The smallest absolute Gasteiger partial charge is 0.411 e. The van der Waals surface area contributed by atoms with Crippen LogP contribution in [-0.2, 0) is 4.74 Å². The van der Waals surface area contributed by atoms with Gasteiger partial charge in [0.2, 0.25) is 5.88 Å². The maximum Gasteiger partial charge on any atom is 0.411 e. The van der Waals surface area contributed by atoms with E-state index in [0.717, 1.165) is 35.0 Å². The van der Waals surface area contributed by atoms with E-state index in [1.807, 2.05) is 49.4 Å². The van der Waals surface area contributed by atoms with Crippen molar-refractivity contribution in [3.05, 3.63) is 61.1 Å². The van der Waals surface area contributed by atoms with E-state index in [-0.39, 0.29) is 12.1 Å². The van der Waals surface area contributed by atoms with Crippen molar-refractivity contribution in [1.29, 1.82) is 0 Å². The van der Waals surface area contributed by atoms with Gasteiger partial charge in [0.15, 0.2) is 0 Å². The van der Waals surface area contributed by atoms with Gasteiger partial charge in [-0.15, -0.1) is 0 Å². The van der Waals surface area contributed by atoms with E-state index >= 15 is 0 Å². The highest BCUT2D eigenvalue weighted by atomic mass is 16.6. The standard InChI is InChI=1S/C27H29N5O3/c1-16(2)32-23-14-21(35-24-15-29-12-13-30-24)10-11-22(23)25(28)26(32)19-6-8-20(9-7-19)31-27(33)34-17(3)18-4-5-18/h6-18H,4-5,28H2,1-3H3,(H,31,33)/t17-/m1/s1. The first-order chi connectivity index (χ1) is 16.9. The number of fused-ring (bicyclic) bond motifs is 1. The Bertz CT molecular complexity index is 1350. The number of nitrogens with two attached hydrogens (primary N) is 1. The number of nitrogens with one attached hydrogen (secondary N) is 1. The van der Waals surface area contributed by atoms with Gasteiger partial charge in [-0.25, -0.2) is 9.78 Å². The predicted molar refractivity (Wildman–Crippen MR) is 137 cm³/mol. The van der Waals surface area contributed by atoms with Crippen molar-refractivity contribution < 1.29 is 14.3 Å². The lowest BCUT2D eigenvalue weighted by Gasteiger charge is -2.16. The lowest BCUT2D eigenvalue weighted by molar-refractivity contribution is 0.108. The number of hydrogen-bond acceptors (Lipinski definition) is 6. The minimum atomic E-state index is -0.427. The summed E-state index contributed by atoms with van der Waals surface area (Å²) in [5.41, 5.74) is 10.9. The molecule has 1 amide bonds. The zero-order chi connectivity index (χ0) is 24.5. The molecule has 2 heterocycles. The molecule has 8 heteroatoms. The van der Waals surface area contributed by atoms with E-state index in [1.165, 1.54) is 0 Å². The molecule has 1 atom stereocenters. The van der Waals surface area contributed by atoms with Gasteiger partial charge in [-0.2, -0.15) is 0 Å². The Morgan fingerprint density at radius 1 is 1.11 bits per heavy atom. The lowest BCUT2D eigenvalue weighted by Crippen LogP contribution is -2.21. The molecule has 1 fully saturated rings. The summed E-state index contributed by atoms with van der Waals surface area (Å²) < 4.78 is 13.6. The molecule has 1 aliphatic rings. The van der Waals surface area contributed by atoms with Crippen LogP contribution in [0.3, 0.4) is 0 Å². The second kappa shape index (κ2) is 9.29. The second-order valence-electron chi connectivity index (χ2n) is 9.20. The molecule has 1 saturated carbocycles. The Labute approximate surface area is 204 Å². The van der Waals surface area contributed by atoms with Crippen molar-refractivity contribution >= 4 is 28.4 Å². The number of aromatic nitrogens is 3. The monoisotopic (exact) mass is 471 g/mol. The van der Waals surface area contributed by atoms with E-state index in [4.69, 9.17) is 15.2 Å². The van der Waals surface area contributed by atoms with E-state index in [0.29, 0.717) is 28.9 Å². The summed E-state index contributed by atoms with van der Waals surface area (Å²) in [6.07, 6.45) is 6.54. The van der Waals surface area contributed by atoms with E-state index in [1.54, 1.807) is 18.6 Å². The highest BCUT2D eigenvalue weighted by Gasteiger charge is 2.30. The quantitative estimate of drug-likeness (QED) is 0.323. The third-order valence-corrected chi connectivity index (χ3v) is 6.28. The molecule has 3 N–H and O–H groups in total. The largest absolute Gasteiger partial charge is 0.446 e. The minimum absolute atomic E-state index is 0.0568. The Hall–Kier alpha value is -4.07. The number of carbonyl (C=O) groups is 1. The van der Waals surface area contributed by atoms with Crippen molar-refractivity contribution in [3.8, 4) is 22.9 Å². The van der Waals surface area contributed by atoms with Crippen LogP contribution < -0.4 is 15.8 Å². The Morgan fingerprint density at radius 2 is 1.89 bits per heavy atom.